The summed E-state index contributed by atoms with van der Waals surface area (Å²) in [6.45, 7) is 5.15. The molecule has 0 unspecified atom stereocenters. The van der Waals surface area contributed by atoms with E-state index >= 15 is 0 Å². The van der Waals surface area contributed by atoms with Crippen molar-refractivity contribution in [2.24, 2.45) is 7.05 Å². The van der Waals surface area contributed by atoms with Crippen molar-refractivity contribution in [3.63, 3.8) is 0 Å². The maximum absolute atomic E-state index is 5.30. The molecule has 2 aromatic rings. The number of ether oxygens (including phenoxy) is 1. The highest BCUT2D eigenvalue weighted by Gasteiger charge is 2.04. The highest BCUT2D eigenvalue weighted by molar-refractivity contribution is 5.26. The fraction of sp³-hybridized carbons (Fsp3) is 0.538. The molecule has 0 saturated heterocycles. The van der Waals surface area contributed by atoms with Crippen molar-refractivity contribution in [3.8, 4) is 0 Å². The van der Waals surface area contributed by atoms with Gasteiger partial charge in [0.05, 0.1) is 12.2 Å². The van der Waals surface area contributed by atoms with Crippen LogP contribution in [0, 0.1) is 0 Å². The lowest BCUT2D eigenvalue weighted by molar-refractivity contribution is 0.147. The van der Waals surface area contributed by atoms with Crippen molar-refractivity contribution < 1.29 is 4.74 Å². The average molecular weight is 263 g/mol. The molecule has 0 aliphatic heterocycles. The standard InChI is InChI=1S/C13H21N5O/c1-3-19-10-4-6-14-13-15-7-9-18(13)11-12-5-8-17(2)16-12/h5,7-9H,3-4,6,10-11H2,1-2H3,(H,14,15). The Bertz CT molecular complexity index is 491. The van der Waals surface area contributed by atoms with Gasteiger partial charge in [-0.1, -0.05) is 0 Å². The summed E-state index contributed by atoms with van der Waals surface area (Å²) >= 11 is 0. The smallest absolute Gasteiger partial charge is 0.203 e. The molecule has 6 nitrogen and oxygen atoms in total. The maximum Gasteiger partial charge on any atom is 0.203 e. The van der Waals surface area contributed by atoms with Gasteiger partial charge in [0.1, 0.15) is 0 Å². The number of nitrogens with zero attached hydrogens (tertiary/aromatic N) is 4. The molecule has 6 heteroatoms. The molecule has 19 heavy (non-hydrogen) atoms. The number of imidazole rings is 1. The second-order valence-electron chi connectivity index (χ2n) is 4.34. The molecule has 0 spiro atoms. The van der Waals surface area contributed by atoms with Crippen LogP contribution in [-0.4, -0.2) is 39.1 Å². The molecular formula is C13H21N5O. The third-order valence-corrected chi connectivity index (χ3v) is 2.77. The van der Waals surface area contributed by atoms with Gasteiger partial charge < -0.3 is 14.6 Å². The van der Waals surface area contributed by atoms with Crippen molar-refractivity contribution in [1.82, 2.24) is 19.3 Å². The molecular weight excluding hydrogens is 242 g/mol. The Labute approximate surface area is 113 Å². The Morgan fingerprint density at radius 3 is 3.00 bits per heavy atom. The predicted octanol–water partition coefficient (Wildman–Crippen LogP) is 1.50. The summed E-state index contributed by atoms with van der Waals surface area (Å²) in [4.78, 5) is 4.31. The van der Waals surface area contributed by atoms with Gasteiger partial charge in [-0.25, -0.2) is 4.98 Å². The summed E-state index contributed by atoms with van der Waals surface area (Å²) in [5.74, 6) is 0.877. The summed E-state index contributed by atoms with van der Waals surface area (Å²) in [7, 11) is 1.92. The molecule has 0 aliphatic carbocycles. The lowest BCUT2D eigenvalue weighted by Crippen LogP contribution is -2.11. The molecule has 2 aromatic heterocycles. The minimum atomic E-state index is 0.731. The Morgan fingerprint density at radius 2 is 2.26 bits per heavy atom. The van der Waals surface area contributed by atoms with E-state index in [9.17, 15) is 0 Å². The zero-order valence-electron chi connectivity index (χ0n) is 11.5. The summed E-state index contributed by atoms with van der Waals surface area (Å²) in [6.07, 6.45) is 6.68. The second-order valence-corrected chi connectivity index (χ2v) is 4.34. The van der Waals surface area contributed by atoms with Crippen LogP contribution in [0.25, 0.3) is 0 Å². The van der Waals surface area contributed by atoms with Gasteiger partial charge in [-0.2, -0.15) is 5.10 Å². The second kappa shape index (κ2) is 6.94. The predicted molar refractivity (Wildman–Crippen MR) is 74.1 cm³/mol. The first-order valence-electron chi connectivity index (χ1n) is 6.61. The maximum atomic E-state index is 5.30. The molecule has 0 aliphatic rings. The van der Waals surface area contributed by atoms with Crippen LogP contribution >= 0.6 is 0 Å². The SMILES string of the molecule is CCOCCCNc1nccn1Cc1ccn(C)n1. The van der Waals surface area contributed by atoms with E-state index < -0.39 is 0 Å². The largest absolute Gasteiger partial charge is 0.382 e. The van der Waals surface area contributed by atoms with Gasteiger partial charge in [0, 0.05) is 45.4 Å². The summed E-state index contributed by atoms with van der Waals surface area (Å²) < 4.78 is 9.17. The van der Waals surface area contributed by atoms with Crippen molar-refractivity contribution in [2.45, 2.75) is 19.9 Å². The molecule has 2 rings (SSSR count). The van der Waals surface area contributed by atoms with Gasteiger partial charge in [0.25, 0.3) is 0 Å². The van der Waals surface area contributed by atoms with E-state index in [1.54, 1.807) is 10.9 Å². The van der Waals surface area contributed by atoms with Crippen molar-refractivity contribution in [3.05, 3.63) is 30.4 Å². The zero-order valence-corrected chi connectivity index (χ0v) is 11.5. The van der Waals surface area contributed by atoms with E-state index in [-0.39, 0.29) is 0 Å². The van der Waals surface area contributed by atoms with E-state index in [0.29, 0.717) is 0 Å². The van der Waals surface area contributed by atoms with Crippen LogP contribution in [0.1, 0.15) is 19.0 Å². The van der Waals surface area contributed by atoms with Crippen molar-refractivity contribution >= 4 is 5.95 Å². The molecule has 0 atom stereocenters. The van der Waals surface area contributed by atoms with Crippen LogP contribution in [0.4, 0.5) is 5.95 Å². The van der Waals surface area contributed by atoms with Crippen molar-refractivity contribution in [2.75, 3.05) is 25.1 Å². The summed E-state index contributed by atoms with van der Waals surface area (Å²) in [6, 6.07) is 2.01. The number of nitrogens with one attached hydrogen (secondary N) is 1. The molecule has 2 heterocycles. The topological polar surface area (TPSA) is 56.9 Å². The third-order valence-electron chi connectivity index (χ3n) is 2.77. The van der Waals surface area contributed by atoms with Crippen LogP contribution < -0.4 is 5.32 Å². The normalized spacial score (nSPS) is 10.8. The molecule has 1 N–H and O–H groups in total. The first-order valence-corrected chi connectivity index (χ1v) is 6.61. The fourth-order valence-corrected chi connectivity index (χ4v) is 1.84. The molecule has 0 amide bonds. The number of hydrogen-bond donors (Lipinski definition) is 1. The minimum Gasteiger partial charge on any atom is -0.382 e. The lowest BCUT2D eigenvalue weighted by atomic mass is 10.4. The molecule has 104 valence electrons. The molecule has 0 saturated carbocycles. The Kier molecular flexibility index (Phi) is 4.97. The van der Waals surface area contributed by atoms with Crippen molar-refractivity contribution in [1.29, 1.82) is 0 Å². The molecule has 0 bridgehead atoms. The Morgan fingerprint density at radius 1 is 1.37 bits per heavy atom. The number of hydrogen-bond acceptors (Lipinski definition) is 4. The van der Waals surface area contributed by atoms with E-state index in [0.717, 1.165) is 44.4 Å². The first-order chi connectivity index (χ1) is 9.29. The molecule has 0 radical (unpaired) electrons. The van der Waals surface area contributed by atoms with Crippen LogP contribution in [0.15, 0.2) is 24.7 Å². The van der Waals surface area contributed by atoms with Gasteiger partial charge in [-0.3, -0.25) is 4.68 Å². The lowest BCUT2D eigenvalue weighted by Gasteiger charge is -2.08. The van der Waals surface area contributed by atoms with Gasteiger partial charge >= 0.3 is 0 Å². The minimum absolute atomic E-state index is 0.731. The van der Waals surface area contributed by atoms with E-state index in [1.165, 1.54) is 0 Å². The highest BCUT2D eigenvalue weighted by atomic mass is 16.5. The van der Waals surface area contributed by atoms with E-state index in [1.807, 2.05) is 32.4 Å². The van der Waals surface area contributed by atoms with Gasteiger partial charge in [0.15, 0.2) is 0 Å². The van der Waals surface area contributed by atoms with Gasteiger partial charge in [0.2, 0.25) is 5.95 Å². The summed E-state index contributed by atoms with van der Waals surface area (Å²) in [5, 5.41) is 7.68. The quantitative estimate of drug-likeness (QED) is 0.733. The van der Waals surface area contributed by atoms with Gasteiger partial charge in [-0.05, 0) is 19.4 Å². The Balaban J connectivity index is 1.83. The monoisotopic (exact) mass is 263 g/mol. The van der Waals surface area contributed by atoms with Crippen LogP contribution in [0.3, 0.4) is 0 Å². The summed E-state index contributed by atoms with van der Waals surface area (Å²) in [5.41, 5.74) is 1.03. The van der Waals surface area contributed by atoms with E-state index in [2.05, 4.69) is 20.0 Å². The van der Waals surface area contributed by atoms with Crippen LogP contribution in [0.2, 0.25) is 0 Å². The van der Waals surface area contributed by atoms with Crippen LogP contribution in [0.5, 0.6) is 0 Å². The highest BCUT2D eigenvalue weighted by Crippen LogP contribution is 2.07. The third kappa shape index (κ3) is 4.10. The number of aromatic nitrogens is 4. The number of rotatable bonds is 8. The Hall–Kier alpha value is -1.82. The first kappa shape index (κ1) is 13.6. The number of aryl methyl sites for hydroxylation is 1. The van der Waals surface area contributed by atoms with E-state index in [4.69, 9.17) is 4.74 Å². The molecule has 0 fully saturated rings. The fourth-order valence-electron chi connectivity index (χ4n) is 1.84. The average Bonchev–Trinajstić information content (AvgIpc) is 3.00. The number of anilines is 1. The molecule has 0 aromatic carbocycles. The van der Waals surface area contributed by atoms with Crippen LogP contribution in [-0.2, 0) is 18.3 Å². The zero-order chi connectivity index (χ0) is 13.5. The van der Waals surface area contributed by atoms with Gasteiger partial charge in [-0.15, -0.1) is 0 Å².